The van der Waals surface area contributed by atoms with Gasteiger partial charge in [-0.25, -0.2) is 49.8 Å². The molecule has 2 N–H and O–H groups in total. The van der Waals surface area contributed by atoms with Crippen LogP contribution in [0.5, 0.6) is 0 Å². The van der Waals surface area contributed by atoms with Crippen molar-refractivity contribution < 1.29 is 10.0 Å². The average Bonchev–Trinajstić information content (AvgIpc) is 0.783. The second-order valence-corrected chi connectivity index (χ2v) is 23.4. The second-order valence-electron chi connectivity index (χ2n) is 22.9. The van der Waals surface area contributed by atoms with Crippen molar-refractivity contribution in [3.8, 4) is 137 Å². The quantitative estimate of drug-likeness (QED) is 0.109. The van der Waals surface area contributed by atoms with E-state index in [-0.39, 0.29) is 0 Å². The summed E-state index contributed by atoms with van der Waals surface area (Å²) >= 11 is 6.38. The lowest BCUT2D eigenvalue weighted by Gasteiger charge is -2.13. The van der Waals surface area contributed by atoms with E-state index in [0.29, 0.717) is 56.6 Å². The van der Waals surface area contributed by atoms with E-state index in [0.717, 1.165) is 112 Å². The molecule has 4 aromatic heterocycles. The van der Waals surface area contributed by atoms with Crippen molar-refractivity contribution in [1.82, 2.24) is 49.8 Å². The van der Waals surface area contributed by atoms with E-state index in [1.807, 2.05) is 267 Å². The normalized spacial score (nSPS) is 10.7. The van der Waals surface area contributed by atoms with Crippen molar-refractivity contribution in [3.63, 3.8) is 0 Å². The number of nitriles is 2. The van der Waals surface area contributed by atoms with Crippen molar-refractivity contribution in [2.24, 2.45) is 0 Å². The molecule has 0 radical (unpaired) electrons. The molecule has 16 rings (SSSR count). The molecule has 0 atom stereocenters. The van der Waals surface area contributed by atoms with E-state index in [4.69, 9.17) is 76.8 Å². The van der Waals surface area contributed by atoms with Crippen LogP contribution in [0.1, 0.15) is 11.1 Å². The summed E-state index contributed by atoms with van der Waals surface area (Å²) < 4.78 is 0. The first-order valence-electron chi connectivity index (χ1n) is 31.9. The molecule has 0 unspecified atom stereocenters. The van der Waals surface area contributed by atoms with Crippen molar-refractivity contribution in [1.29, 1.82) is 10.5 Å². The number of nitrogens with zero attached hydrogens (tertiary/aromatic N) is 12. The standard InChI is InChI=1S/C42H26N6.C35H22ClN5.C7H6BNO2/c43-27-28-21-23-29(24-22-28)32-15-9-16-33(25-32)38-39(45-37-20-8-7-19-36(37)44-38)34-17-10-18-35(26-34)42-47-40(30-11-3-1-4-12-30)46-41(48-42)31-13-5-2-6-14-31;36-28-18-10-16-26(22-28)32-31(37-29-19-7-8-20-30(29)38-32)25-15-9-17-27(21-25)35-40-33(23-11-3-1-4-12-23)39-34(41-35)24-13-5-2-6-14-24;9-5-6-1-3-7(4-2-6)8(10)11/h1-26H;1-22H;1-4,10-11H. The van der Waals surface area contributed by atoms with Crippen LogP contribution < -0.4 is 5.46 Å². The number of para-hydroxylation sites is 4. The van der Waals surface area contributed by atoms with Gasteiger partial charge in [0, 0.05) is 60.7 Å². The van der Waals surface area contributed by atoms with Gasteiger partial charge in [0.25, 0.3) is 0 Å². The van der Waals surface area contributed by atoms with Gasteiger partial charge in [-0.1, -0.05) is 248 Å². The van der Waals surface area contributed by atoms with E-state index in [1.165, 1.54) is 24.3 Å². The number of hydrogen-bond acceptors (Lipinski definition) is 14. The van der Waals surface area contributed by atoms with Crippen LogP contribution in [0.4, 0.5) is 0 Å². The molecule has 0 saturated heterocycles. The van der Waals surface area contributed by atoms with Crippen LogP contribution in [0.15, 0.2) is 315 Å². The summed E-state index contributed by atoms with van der Waals surface area (Å²) in [6, 6.07) is 106. The Morgan fingerprint density at radius 2 is 0.500 bits per heavy atom. The molecule has 0 saturated carbocycles. The minimum absolute atomic E-state index is 0.393. The van der Waals surface area contributed by atoms with Gasteiger partial charge in [0.1, 0.15) is 0 Å². The molecule has 16 heteroatoms. The highest BCUT2D eigenvalue weighted by Gasteiger charge is 2.20. The fraction of sp³-hybridized carbons (Fsp3) is 0. The summed E-state index contributed by atoms with van der Waals surface area (Å²) in [5.74, 6) is 3.60. The molecule has 0 aliphatic heterocycles. The largest absolute Gasteiger partial charge is 0.488 e. The molecule has 0 aliphatic rings. The molecule has 16 aromatic rings. The third kappa shape index (κ3) is 14.7. The van der Waals surface area contributed by atoms with Gasteiger partial charge < -0.3 is 10.0 Å². The topological polar surface area (TPSA) is 217 Å². The predicted octanol–water partition coefficient (Wildman–Crippen LogP) is 17.7. The fourth-order valence-electron chi connectivity index (χ4n) is 11.2. The molecule has 12 aromatic carbocycles. The molecular weight excluding hydrogens is 1260 g/mol. The van der Waals surface area contributed by atoms with Crippen molar-refractivity contribution >= 4 is 46.2 Å². The van der Waals surface area contributed by atoms with E-state index < -0.39 is 7.12 Å². The fourth-order valence-corrected chi connectivity index (χ4v) is 11.4. The smallest absolute Gasteiger partial charge is 0.423 e. The van der Waals surface area contributed by atoms with Gasteiger partial charge in [-0.05, 0) is 95.5 Å². The Labute approximate surface area is 581 Å². The minimum atomic E-state index is -1.46. The Bertz CT molecular complexity index is 5580. The Balaban J connectivity index is 0.000000149. The number of aromatic nitrogens is 10. The first kappa shape index (κ1) is 64.0. The summed E-state index contributed by atoms with van der Waals surface area (Å²) in [6.07, 6.45) is 0. The van der Waals surface area contributed by atoms with Gasteiger partial charge in [0.2, 0.25) is 0 Å². The average molecular weight is 1310 g/mol. The Hall–Kier alpha value is -13.4. The zero-order valence-corrected chi connectivity index (χ0v) is 54.0. The first-order chi connectivity index (χ1) is 49.2. The van der Waals surface area contributed by atoms with Crippen LogP contribution in [0.2, 0.25) is 5.02 Å². The Morgan fingerprint density at radius 3 is 0.820 bits per heavy atom. The molecule has 4 heterocycles. The molecular formula is C84H54BClN12O2. The zero-order chi connectivity index (χ0) is 68.2. The molecule has 0 aliphatic carbocycles. The van der Waals surface area contributed by atoms with E-state index in [9.17, 15) is 5.26 Å². The van der Waals surface area contributed by atoms with E-state index in [1.54, 1.807) is 0 Å². The maximum absolute atomic E-state index is 9.26. The molecule has 14 nitrogen and oxygen atoms in total. The van der Waals surface area contributed by atoms with E-state index >= 15 is 0 Å². The summed E-state index contributed by atoms with van der Waals surface area (Å²) in [5, 5.41) is 35.6. The summed E-state index contributed by atoms with van der Waals surface area (Å²) in [7, 11) is -1.46. The molecule has 0 amide bonds. The van der Waals surface area contributed by atoms with Crippen molar-refractivity contribution in [3.05, 3.63) is 332 Å². The van der Waals surface area contributed by atoms with Crippen LogP contribution in [0.25, 0.3) is 147 Å². The van der Waals surface area contributed by atoms with Crippen LogP contribution in [0.3, 0.4) is 0 Å². The monoisotopic (exact) mass is 1310 g/mol. The minimum Gasteiger partial charge on any atom is -0.423 e. The molecule has 472 valence electrons. The molecule has 0 spiro atoms. The molecule has 100 heavy (non-hydrogen) atoms. The number of fused-ring (bicyclic) bond motifs is 2. The summed E-state index contributed by atoms with van der Waals surface area (Å²) in [5.41, 5.74) is 18.9. The summed E-state index contributed by atoms with van der Waals surface area (Å²) in [4.78, 5) is 49.7. The Morgan fingerprint density at radius 1 is 0.240 bits per heavy atom. The molecule has 0 bridgehead atoms. The lowest BCUT2D eigenvalue weighted by Crippen LogP contribution is -2.29. The first-order valence-corrected chi connectivity index (χ1v) is 32.3. The maximum atomic E-state index is 9.26. The van der Waals surface area contributed by atoms with Gasteiger partial charge in [-0.3, -0.25) is 0 Å². The zero-order valence-electron chi connectivity index (χ0n) is 53.2. The lowest BCUT2D eigenvalue weighted by atomic mass is 9.80. The highest BCUT2D eigenvalue weighted by Crippen LogP contribution is 2.38. The second kappa shape index (κ2) is 29.7. The van der Waals surface area contributed by atoms with Gasteiger partial charge >= 0.3 is 7.12 Å². The third-order valence-electron chi connectivity index (χ3n) is 16.2. The highest BCUT2D eigenvalue weighted by atomic mass is 35.5. The van der Waals surface area contributed by atoms with Gasteiger partial charge in [0.15, 0.2) is 34.9 Å². The SMILES string of the molecule is Clc1cccc(-c2nc3ccccc3nc2-c2cccc(-c3nc(-c4ccccc4)nc(-c4ccccc4)n3)c2)c1.N#Cc1ccc(-c2cccc(-c3nc4ccccc4nc3-c3cccc(-c4nc(-c5ccccc5)nc(-c5ccccc5)n4)c3)c2)cc1.N#Cc1ccc(B(O)O)cc1. The number of hydrogen-bond donors (Lipinski definition) is 2. The predicted molar refractivity (Wildman–Crippen MR) is 396 cm³/mol. The van der Waals surface area contributed by atoms with Crippen molar-refractivity contribution in [2.45, 2.75) is 0 Å². The van der Waals surface area contributed by atoms with Crippen LogP contribution in [-0.2, 0) is 0 Å². The van der Waals surface area contributed by atoms with Crippen LogP contribution in [-0.4, -0.2) is 67.0 Å². The highest BCUT2D eigenvalue weighted by molar-refractivity contribution is 6.58. The number of halogens is 1. The van der Waals surface area contributed by atoms with E-state index in [2.05, 4.69) is 36.4 Å². The van der Waals surface area contributed by atoms with Crippen molar-refractivity contribution in [2.75, 3.05) is 0 Å². The van der Waals surface area contributed by atoms with Gasteiger partial charge in [0.05, 0.1) is 68.1 Å². The molecule has 0 fully saturated rings. The van der Waals surface area contributed by atoms with Gasteiger partial charge in [-0.2, -0.15) is 10.5 Å². The number of benzene rings is 12. The van der Waals surface area contributed by atoms with Crippen LogP contribution >= 0.6 is 11.6 Å². The van der Waals surface area contributed by atoms with Gasteiger partial charge in [-0.15, -0.1) is 0 Å². The lowest BCUT2D eigenvalue weighted by molar-refractivity contribution is 0.426. The third-order valence-corrected chi connectivity index (χ3v) is 16.5. The number of rotatable bonds is 12. The maximum Gasteiger partial charge on any atom is 0.488 e. The summed E-state index contributed by atoms with van der Waals surface area (Å²) in [6.45, 7) is 0. The Kier molecular flexibility index (Phi) is 19.0. The van der Waals surface area contributed by atoms with Crippen LogP contribution in [0, 0.1) is 22.7 Å².